The SMILES string of the molecule is CCCCCC(=O)C(=O)SC(CC)CC[Si](C)(OCC)OCC. The van der Waals surface area contributed by atoms with Crippen LogP contribution in [0.5, 0.6) is 0 Å². The molecule has 0 rings (SSSR count). The average molecular weight is 363 g/mol. The molecule has 1 unspecified atom stereocenters. The second-order valence-corrected chi connectivity index (χ2v) is 10.5. The molecule has 0 N–H and O–H groups in total. The van der Waals surface area contributed by atoms with Crippen LogP contribution in [0.15, 0.2) is 0 Å². The van der Waals surface area contributed by atoms with Crippen LogP contribution in [0.25, 0.3) is 0 Å². The molecule has 0 aromatic rings. The van der Waals surface area contributed by atoms with Crippen LogP contribution in [0.4, 0.5) is 0 Å². The van der Waals surface area contributed by atoms with Gasteiger partial charge in [-0.05, 0) is 45.7 Å². The number of rotatable bonds is 14. The molecule has 0 aliphatic carbocycles. The Morgan fingerprint density at radius 3 is 2.13 bits per heavy atom. The van der Waals surface area contributed by atoms with Gasteiger partial charge in [-0.1, -0.05) is 38.5 Å². The molecule has 0 spiro atoms. The number of carbonyl (C=O) groups is 2. The number of unbranched alkanes of at least 4 members (excludes halogenated alkanes) is 2. The van der Waals surface area contributed by atoms with Crippen LogP contribution in [0.2, 0.25) is 12.6 Å². The summed E-state index contributed by atoms with van der Waals surface area (Å²) in [6, 6.07) is 0.859. The summed E-state index contributed by atoms with van der Waals surface area (Å²) in [6.45, 7) is 11.5. The lowest BCUT2D eigenvalue weighted by molar-refractivity contribution is -0.131. The summed E-state index contributed by atoms with van der Waals surface area (Å²) in [7, 11) is -2.14. The Hall–Kier alpha value is -0.173. The third-order valence-electron chi connectivity index (χ3n) is 3.78. The van der Waals surface area contributed by atoms with E-state index >= 15 is 0 Å². The van der Waals surface area contributed by atoms with Crippen LogP contribution in [0.3, 0.4) is 0 Å². The molecule has 4 nitrogen and oxygen atoms in total. The minimum Gasteiger partial charge on any atom is -0.395 e. The molecule has 0 aliphatic heterocycles. The molecule has 0 heterocycles. The minimum atomic E-state index is -2.14. The molecule has 0 aromatic carbocycles. The predicted molar refractivity (Wildman–Crippen MR) is 100 cm³/mol. The van der Waals surface area contributed by atoms with Crippen molar-refractivity contribution in [3.05, 3.63) is 0 Å². The Bertz CT molecular complexity index is 343. The summed E-state index contributed by atoms with van der Waals surface area (Å²) >= 11 is 1.21. The topological polar surface area (TPSA) is 52.6 Å². The Kier molecular flexibility index (Phi) is 13.1. The Labute approximate surface area is 147 Å². The van der Waals surface area contributed by atoms with Gasteiger partial charge in [0, 0.05) is 24.9 Å². The van der Waals surface area contributed by atoms with Crippen LogP contribution in [0.1, 0.15) is 66.2 Å². The molecule has 0 amide bonds. The minimum absolute atomic E-state index is 0.172. The van der Waals surface area contributed by atoms with Gasteiger partial charge in [0.15, 0.2) is 0 Å². The first-order chi connectivity index (χ1) is 10.9. The van der Waals surface area contributed by atoms with Gasteiger partial charge in [-0.2, -0.15) is 0 Å². The summed E-state index contributed by atoms with van der Waals surface area (Å²) in [5, 5.41) is -0.102. The standard InChI is InChI=1S/C17H34O4SSi/c1-6-10-11-12-16(18)17(19)22-15(7-2)13-14-23(5,20-8-3)21-9-4/h15H,6-14H2,1-5H3. The fraction of sp³-hybridized carbons (Fsp3) is 0.882. The Morgan fingerprint density at radius 2 is 1.65 bits per heavy atom. The number of Topliss-reactive ketones (excluding diaryl/α,β-unsaturated/α-hetero) is 1. The molecule has 1 atom stereocenters. The lowest BCUT2D eigenvalue weighted by atomic mass is 10.1. The molecule has 0 bridgehead atoms. The maximum Gasteiger partial charge on any atom is 0.334 e. The van der Waals surface area contributed by atoms with Gasteiger partial charge in [-0.25, -0.2) is 0 Å². The van der Waals surface area contributed by atoms with Gasteiger partial charge < -0.3 is 8.85 Å². The van der Waals surface area contributed by atoms with Crippen molar-refractivity contribution in [3.8, 4) is 0 Å². The fourth-order valence-electron chi connectivity index (χ4n) is 2.42. The van der Waals surface area contributed by atoms with Crippen molar-refractivity contribution in [2.75, 3.05) is 13.2 Å². The highest BCUT2D eigenvalue weighted by atomic mass is 32.2. The zero-order valence-corrected chi connectivity index (χ0v) is 17.3. The van der Waals surface area contributed by atoms with Gasteiger partial charge in [-0.15, -0.1) is 0 Å². The van der Waals surface area contributed by atoms with Crippen LogP contribution >= 0.6 is 11.8 Å². The maximum atomic E-state index is 12.0. The largest absolute Gasteiger partial charge is 0.395 e. The van der Waals surface area contributed by atoms with Crippen molar-refractivity contribution >= 4 is 31.2 Å². The van der Waals surface area contributed by atoms with Crippen molar-refractivity contribution in [1.29, 1.82) is 0 Å². The van der Waals surface area contributed by atoms with Crippen molar-refractivity contribution in [3.63, 3.8) is 0 Å². The quantitative estimate of drug-likeness (QED) is 0.254. The molecular weight excluding hydrogens is 328 g/mol. The zero-order valence-electron chi connectivity index (χ0n) is 15.5. The monoisotopic (exact) mass is 362 g/mol. The van der Waals surface area contributed by atoms with Crippen molar-refractivity contribution < 1.29 is 18.4 Å². The second-order valence-electron chi connectivity index (χ2n) is 5.85. The Morgan fingerprint density at radius 1 is 1.04 bits per heavy atom. The van der Waals surface area contributed by atoms with Gasteiger partial charge in [0.25, 0.3) is 5.12 Å². The number of hydrogen-bond donors (Lipinski definition) is 0. The smallest absolute Gasteiger partial charge is 0.334 e. The number of hydrogen-bond acceptors (Lipinski definition) is 5. The normalized spacial score (nSPS) is 13.1. The second kappa shape index (κ2) is 13.2. The first-order valence-corrected chi connectivity index (χ1v) is 12.3. The van der Waals surface area contributed by atoms with E-state index in [4.69, 9.17) is 8.85 Å². The van der Waals surface area contributed by atoms with E-state index in [-0.39, 0.29) is 16.1 Å². The van der Waals surface area contributed by atoms with Crippen molar-refractivity contribution in [1.82, 2.24) is 0 Å². The first-order valence-electron chi connectivity index (χ1n) is 8.94. The average Bonchev–Trinajstić information content (AvgIpc) is 2.51. The van der Waals surface area contributed by atoms with Gasteiger partial charge in [0.2, 0.25) is 5.78 Å². The highest BCUT2D eigenvalue weighted by Gasteiger charge is 2.32. The molecule has 0 saturated carbocycles. The fourth-order valence-corrected chi connectivity index (χ4v) is 6.03. The summed E-state index contributed by atoms with van der Waals surface area (Å²) < 4.78 is 11.7. The van der Waals surface area contributed by atoms with E-state index in [0.29, 0.717) is 19.6 Å². The number of carbonyl (C=O) groups excluding carboxylic acids is 2. The molecule has 23 heavy (non-hydrogen) atoms. The number of ketones is 1. The summed E-state index contributed by atoms with van der Waals surface area (Å²) in [4.78, 5) is 23.9. The van der Waals surface area contributed by atoms with Crippen LogP contribution in [-0.4, -0.2) is 37.9 Å². The summed E-state index contributed by atoms with van der Waals surface area (Å²) in [6.07, 6.45) is 5.01. The van der Waals surface area contributed by atoms with Gasteiger partial charge in [0.1, 0.15) is 0 Å². The highest BCUT2D eigenvalue weighted by Crippen LogP contribution is 2.26. The van der Waals surface area contributed by atoms with E-state index < -0.39 is 8.56 Å². The highest BCUT2D eigenvalue weighted by molar-refractivity contribution is 8.15. The third kappa shape index (κ3) is 10.3. The third-order valence-corrected chi connectivity index (χ3v) is 8.12. The molecule has 0 radical (unpaired) electrons. The lowest BCUT2D eigenvalue weighted by Gasteiger charge is -2.27. The predicted octanol–water partition coefficient (Wildman–Crippen LogP) is 4.71. The van der Waals surface area contributed by atoms with E-state index in [1.807, 2.05) is 13.8 Å². The molecule has 6 heteroatoms. The number of thioether (sulfide) groups is 1. The van der Waals surface area contributed by atoms with Gasteiger partial charge in [-0.3, -0.25) is 9.59 Å². The van der Waals surface area contributed by atoms with Crippen LogP contribution in [0, 0.1) is 0 Å². The zero-order chi connectivity index (χ0) is 17.7. The molecule has 136 valence electrons. The lowest BCUT2D eigenvalue weighted by Crippen LogP contribution is -2.39. The van der Waals surface area contributed by atoms with Crippen molar-refractivity contribution in [2.45, 2.75) is 84.1 Å². The van der Waals surface area contributed by atoms with E-state index in [0.717, 1.165) is 38.1 Å². The van der Waals surface area contributed by atoms with E-state index in [9.17, 15) is 9.59 Å². The van der Waals surface area contributed by atoms with E-state index in [1.165, 1.54) is 11.8 Å². The van der Waals surface area contributed by atoms with Crippen molar-refractivity contribution in [2.24, 2.45) is 0 Å². The summed E-state index contributed by atoms with van der Waals surface area (Å²) in [5.74, 6) is -0.225. The van der Waals surface area contributed by atoms with Gasteiger partial charge in [0.05, 0.1) is 0 Å². The molecule has 0 saturated heterocycles. The molecule has 0 fully saturated rings. The molecule has 0 aromatic heterocycles. The van der Waals surface area contributed by atoms with E-state index in [1.54, 1.807) is 0 Å². The first kappa shape index (κ1) is 22.8. The summed E-state index contributed by atoms with van der Waals surface area (Å²) in [5.41, 5.74) is 0. The molecular formula is C17H34O4SSi. The Balaban J connectivity index is 4.37. The molecule has 0 aliphatic rings. The maximum absolute atomic E-state index is 12.0. The van der Waals surface area contributed by atoms with E-state index in [2.05, 4.69) is 20.4 Å². The van der Waals surface area contributed by atoms with Crippen LogP contribution in [-0.2, 0) is 18.4 Å². The van der Waals surface area contributed by atoms with Crippen LogP contribution < -0.4 is 0 Å². The van der Waals surface area contributed by atoms with Gasteiger partial charge >= 0.3 is 8.56 Å².